The van der Waals surface area contributed by atoms with Gasteiger partial charge in [0.2, 0.25) is 0 Å². The minimum Gasteiger partial charge on any atom is -0.363 e. The van der Waals surface area contributed by atoms with E-state index in [9.17, 15) is 4.39 Å². The van der Waals surface area contributed by atoms with Crippen LogP contribution in [-0.4, -0.2) is 25.2 Å². The summed E-state index contributed by atoms with van der Waals surface area (Å²) in [5, 5.41) is 4.17. The van der Waals surface area contributed by atoms with E-state index in [1.807, 2.05) is 0 Å². The number of nitrogens with zero attached hydrogens (tertiary/aromatic N) is 1. The van der Waals surface area contributed by atoms with Crippen LogP contribution in [0.25, 0.3) is 0 Å². The molecule has 0 radical (unpaired) electrons. The van der Waals surface area contributed by atoms with Crippen molar-refractivity contribution in [3.05, 3.63) is 29.0 Å². The van der Waals surface area contributed by atoms with Crippen LogP contribution in [0.2, 0.25) is 5.02 Å². The molecule has 4 heteroatoms. The summed E-state index contributed by atoms with van der Waals surface area (Å²) in [5.74, 6) is 0.784. The standard InChI is InChI=1S/C16H24ClFN2/c1-10(2)14-9-20(16(8-19-14)11(3)4)15-7-12(17)5-6-13(15)18/h5-7,10-11,14,16,19H,8-9H2,1-4H3. The Morgan fingerprint density at radius 2 is 1.95 bits per heavy atom. The monoisotopic (exact) mass is 298 g/mol. The van der Waals surface area contributed by atoms with Crippen LogP contribution in [0.15, 0.2) is 18.2 Å². The predicted molar refractivity (Wildman–Crippen MR) is 84.0 cm³/mol. The number of hydrogen-bond donors (Lipinski definition) is 1. The fourth-order valence-corrected chi connectivity index (χ4v) is 2.99. The number of hydrogen-bond acceptors (Lipinski definition) is 2. The smallest absolute Gasteiger partial charge is 0.146 e. The number of halogens is 2. The Kier molecular flexibility index (Phi) is 4.92. The van der Waals surface area contributed by atoms with Gasteiger partial charge in [-0.3, -0.25) is 0 Å². The maximum absolute atomic E-state index is 14.2. The van der Waals surface area contributed by atoms with Gasteiger partial charge in [-0.2, -0.15) is 0 Å². The minimum absolute atomic E-state index is 0.190. The van der Waals surface area contributed by atoms with Gasteiger partial charge in [0.05, 0.1) is 5.69 Å². The third-order valence-corrected chi connectivity index (χ3v) is 4.41. The predicted octanol–water partition coefficient (Wildman–Crippen LogP) is 3.94. The Balaban J connectivity index is 2.33. The maximum Gasteiger partial charge on any atom is 0.146 e. The van der Waals surface area contributed by atoms with Crippen LogP contribution in [0.5, 0.6) is 0 Å². The Morgan fingerprint density at radius 3 is 2.55 bits per heavy atom. The SMILES string of the molecule is CC(C)C1CN(c2cc(Cl)ccc2F)C(C(C)C)CN1. The molecule has 0 aliphatic carbocycles. The molecule has 1 heterocycles. The molecular formula is C16H24ClFN2. The van der Waals surface area contributed by atoms with Crippen molar-refractivity contribution in [2.75, 3.05) is 18.0 Å². The first-order chi connectivity index (χ1) is 9.40. The summed E-state index contributed by atoms with van der Waals surface area (Å²) >= 11 is 6.05. The van der Waals surface area contributed by atoms with E-state index in [4.69, 9.17) is 11.6 Å². The van der Waals surface area contributed by atoms with Crippen LogP contribution >= 0.6 is 11.6 Å². The molecule has 1 aliphatic heterocycles. The molecule has 112 valence electrons. The zero-order valence-electron chi connectivity index (χ0n) is 12.7. The Bertz CT molecular complexity index is 462. The van der Waals surface area contributed by atoms with E-state index in [1.165, 1.54) is 6.07 Å². The molecule has 1 N–H and O–H groups in total. The number of anilines is 1. The van der Waals surface area contributed by atoms with Gasteiger partial charge in [0.15, 0.2) is 0 Å². The highest BCUT2D eigenvalue weighted by molar-refractivity contribution is 6.30. The lowest BCUT2D eigenvalue weighted by atomic mass is 9.93. The van der Waals surface area contributed by atoms with Crippen molar-refractivity contribution in [2.24, 2.45) is 11.8 Å². The summed E-state index contributed by atoms with van der Waals surface area (Å²) in [5.41, 5.74) is 0.628. The second-order valence-electron chi connectivity index (χ2n) is 6.32. The first-order valence-electron chi connectivity index (χ1n) is 7.35. The number of piperazine rings is 1. The van der Waals surface area contributed by atoms with Crippen molar-refractivity contribution in [1.82, 2.24) is 5.32 Å². The summed E-state index contributed by atoms with van der Waals surface area (Å²) in [6.45, 7) is 10.4. The molecule has 1 aromatic carbocycles. The first-order valence-corrected chi connectivity index (χ1v) is 7.73. The number of nitrogens with one attached hydrogen (secondary N) is 1. The lowest BCUT2D eigenvalue weighted by molar-refractivity contribution is 0.293. The van der Waals surface area contributed by atoms with Crippen LogP contribution in [0, 0.1) is 17.7 Å². The maximum atomic E-state index is 14.2. The molecule has 2 unspecified atom stereocenters. The van der Waals surface area contributed by atoms with E-state index in [-0.39, 0.29) is 11.9 Å². The zero-order chi connectivity index (χ0) is 14.9. The summed E-state index contributed by atoms with van der Waals surface area (Å²) in [6.07, 6.45) is 0. The average Bonchev–Trinajstić information content (AvgIpc) is 2.40. The highest BCUT2D eigenvalue weighted by Crippen LogP contribution is 2.29. The molecule has 0 bridgehead atoms. The van der Waals surface area contributed by atoms with Gasteiger partial charge < -0.3 is 10.2 Å². The third-order valence-electron chi connectivity index (χ3n) is 4.17. The van der Waals surface area contributed by atoms with Gasteiger partial charge in [-0.1, -0.05) is 39.3 Å². The fourth-order valence-electron chi connectivity index (χ4n) is 2.82. The van der Waals surface area contributed by atoms with Gasteiger partial charge in [0.1, 0.15) is 5.82 Å². The lowest BCUT2D eigenvalue weighted by Gasteiger charge is -2.45. The minimum atomic E-state index is -0.190. The van der Waals surface area contributed by atoms with Crippen molar-refractivity contribution < 1.29 is 4.39 Å². The first kappa shape index (κ1) is 15.6. The Hall–Kier alpha value is -0.800. The van der Waals surface area contributed by atoms with Crippen molar-refractivity contribution in [2.45, 2.75) is 39.8 Å². The largest absolute Gasteiger partial charge is 0.363 e. The van der Waals surface area contributed by atoms with Crippen molar-refractivity contribution in [1.29, 1.82) is 0 Å². The second kappa shape index (κ2) is 6.31. The molecule has 1 saturated heterocycles. The molecule has 2 nitrogen and oxygen atoms in total. The molecule has 0 amide bonds. The van der Waals surface area contributed by atoms with Gasteiger partial charge >= 0.3 is 0 Å². The highest BCUT2D eigenvalue weighted by atomic mass is 35.5. The third kappa shape index (κ3) is 3.26. The molecule has 2 rings (SSSR count). The van der Waals surface area contributed by atoms with Crippen molar-refractivity contribution >= 4 is 17.3 Å². The molecule has 2 atom stereocenters. The lowest BCUT2D eigenvalue weighted by Crippen LogP contribution is -2.60. The molecule has 1 aromatic rings. The van der Waals surface area contributed by atoms with Crippen LogP contribution in [0.1, 0.15) is 27.7 Å². The van der Waals surface area contributed by atoms with Crippen LogP contribution in [0.3, 0.4) is 0 Å². The summed E-state index contributed by atoms with van der Waals surface area (Å²) in [4.78, 5) is 2.19. The fraction of sp³-hybridized carbons (Fsp3) is 0.625. The van der Waals surface area contributed by atoms with E-state index in [0.29, 0.717) is 28.6 Å². The molecule has 1 fully saturated rings. The summed E-state index contributed by atoms with van der Waals surface area (Å²) < 4.78 is 14.2. The Labute approximate surface area is 126 Å². The van der Waals surface area contributed by atoms with Gasteiger partial charge in [-0.15, -0.1) is 0 Å². The zero-order valence-corrected chi connectivity index (χ0v) is 13.4. The molecule has 1 aliphatic rings. The van der Waals surface area contributed by atoms with E-state index in [2.05, 4.69) is 37.9 Å². The van der Waals surface area contributed by atoms with Crippen molar-refractivity contribution in [3.8, 4) is 0 Å². The average molecular weight is 299 g/mol. The van der Waals surface area contributed by atoms with Gasteiger partial charge in [0.25, 0.3) is 0 Å². The van der Waals surface area contributed by atoms with E-state index >= 15 is 0 Å². The van der Waals surface area contributed by atoms with Gasteiger partial charge in [-0.25, -0.2) is 4.39 Å². The summed E-state index contributed by atoms with van der Waals surface area (Å²) in [6, 6.07) is 5.48. The second-order valence-corrected chi connectivity index (χ2v) is 6.75. The number of rotatable bonds is 3. The molecule has 20 heavy (non-hydrogen) atoms. The van der Waals surface area contributed by atoms with Crippen molar-refractivity contribution in [3.63, 3.8) is 0 Å². The normalized spacial score (nSPS) is 23.7. The van der Waals surface area contributed by atoms with Gasteiger partial charge in [0, 0.05) is 30.2 Å². The van der Waals surface area contributed by atoms with E-state index in [1.54, 1.807) is 12.1 Å². The van der Waals surface area contributed by atoms with E-state index in [0.717, 1.165) is 13.1 Å². The topological polar surface area (TPSA) is 15.3 Å². The van der Waals surface area contributed by atoms with Gasteiger partial charge in [-0.05, 0) is 30.0 Å². The van der Waals surface area contributed by atoms with E-state index < -0.39 is 0 Å². The quantitative estimate of drug-likeness (QED) is 0.909. The van der Waals surface area contributed by atoms with Crippen LogP contribution < -0.4 is 10.2 Å². The highest BCUT2D eigenvalue weighted by Gasteiger charge is 2.32. The van der Waals surface area contributed by atoms with Crippen LogP contribution in [-0.2, 0) is 0 Å². The Morgan fingerprint density at radius 1 is 1.25 bits per heavy atom. The molecule has 0 saturated carbocycles. The summed E-state index contributed by atoms with van der Waals surface area (Å²) in [7, 11) is 0. The molecule has 0 aromatic heterocycles. The molecule has 0 spiro atoms. The molecular weight excluding hydrogens is 275 g/mol. The number of benzene rings is 1. The van der Waals surface area contributed by atoms with Crippen LogP contribution in [0.4, 0.5) is 10.1 Å².